The number of hydrogen-bond acceptors (Lipinski definition) is 7. The van der Waals surface area contributed by atoms with Gasteiger partial charge in [0, 0.05) is 50.1 Å². The van der Waals surface area contributed by atoms with Crippen molar-refractivity contribution in [1.29, 1.82) is 0 Å². The Bertz CT molecular complexity index is 3130. The molecular formula is C64H74O7. The average molecular weight is 955 g/mol. The summed E-state index contributed by atoms with van der Waals surface area (Å²) in [5.41, 5.74) is 14.3. The summed E-state index contributed by atoms with van der Waals surface area (Å²) in [7, 11) is 0. The molecule has 0 spiro atoms. The molecule has 71 heavy (non-hydrogen) atoms. The van der Waals surface area contributed by atoms with Crippen molar-refractivity contribution < 1.29 is 35.7 Å². The monoisotopic (exact) mass is 955 g/mol. The zero-order chi connectivity index (χ0) is 52.4. The van der Waals surface area contributed by atoms with Crippen LogP contribution >= 0.6 is 0 Å². The third-order valence-electron chi connectivity index (χ3n) is 14.3. The van der Waals surface area contributed by atoms with E-state index in [1.165, 1.54) is 0 Å². The summed E-state index contributed by atoms with van der Waals surface area (Å²) in [5, 5.41) is 80.6. The van der Waals surface area contributed by atoms with Crippen LogP contribution in [0.2, 0.25) is 0 Å². The Morgan fingerprint density at radius 1 is 0.465 bits per heavy atom. The number of aromatic hydroxyl groups is 7. The molecule has 0 aromatic heterocycles. The van der Waals surface area contributed by atoms with Gasteiger partial charge in [-0.05, 0) is 190 Å². The second kappa shape index (κ2) is 21.1. The fourth-order valence-electron chi connectivity index (χ4n) is 10.1. The molecule has 0 heterocycles. The van der Waals surface area contributed by atoms with E-state index in [2.05, 4.69) is 45.6 Å². The maximum Gasteiger partial charge on any atom is 0.130 e. The van der Waals surface area contributed by atoms with Crippen molar-refractivity contribution in [2.24, 2.45) is 0 Å². The molecule has 6 aromatic carbocycles. The highest BCUT2D eigenvalue weighted by atomic mass is 16.3. The number of hydrogen-bond donors (Lipinski definition) is 7. The van der Waals surface area contributed by atoms with Gasteiger partial charge in [-0.25, -0.2) is 0 Å². The molecule has 0 saturated heterocycles. The molecular weight excluding hydrogens is 881 g/mol. The van der Waals surface area contributed by atoms with Crippen LogP contribution in [0.1, 0.15) is 119 Å². The van der Waals surface area contributed by atoms with Crippen molar-refractivity contribution in [3.63, 3.8) is 0 Å². The SMILES string of the molecule is C=CCc1c(C)cc(C)c(-c2c(C)cc(C)c(C/C=C/CC(C)(C)c3cc(-c4c(O)cc(C)c(C)c4C)cc(C/C=C/C=C/Cc4cc(-c5cc(C)ccc5O)c(O)c(C(C)(C)C)c4O)c3O)c2O)c1O. The van der Waals surface area contributed by atoms with Crippen molar-refractivity contribution in [2.45, 2.75) is 133 Å². The van der Waals surface area contributed by atoms with Crippen LogP contribution in [-0.2, 0) is 36.5 Å². The van der Waals surface area contributed by atoms with Gasteiger partial charge in [-0.2, -0.15) is 0 Å². The maximum atomic E-state index is 12.1. The Balaban J connectivity index is 1.31. The standard InChI is InChI=1S/C64H74O7/c1-15-22-47-38(4)30-40(6)54(60(47)69)55-41(7)31-39(5)48(61(55)70)25-20-21-28-64(13,14)51-35-46(56-43(9)42(8)37(3)32-53(56)66)33-44(58(51)67)23-18-16-17-19-24-45-34-50(49-29-36(2)26-27-52(49)65)62(71)57(59(45)68)63(10,11)12/h15-21,26-27,29-35,65-71H,1,22-25,28H2,2-14H3/b18-16+,19-17+,21-20+. The third-order valence-corrected chi connectivity index (χ3v) is 14.3. The van der Waals surface area contributed by atoms with Gasteiger partial charge in [0.2, 0.25) is 0 Å². The molecule has 6 aromatic rings. The first-order valence-corrected chi connectivity index (χ1v) is 24.6. The Morgan fingerprint density at radius 3 is 1.59 bits per heavy atom. The molecule has 0 radical (unpaired) electrons. The van der Waals surface area contributed by atoms with Crippen LogP contribution < -0.4 is 0 Å². The first kappa shape index (κ1) is 53.2. The van der Waals surface area contributed by atoms with E-state index < -0.39 is 10.8 Å². The summed E-state index contributed by atoms with van der Waals surface area (Å²) >= 11 is 0. The van der Waals surface area contributed by atoms with Crippen molar-refractivity contribution in [1.82, 2.24) is 0 Å². The molecule has 372 valence electrons. The zero-order valence-corrected chi connectivity index (χ0v) is 44.1. The molecule has 0 aliphatic rings. The lowest BCUT2D eigenvalue weighted by Gasteiger charge is -2.27. The van der Waals surface area contributed by atoms with Crippen molar-refractivity contribution in [3.8, 4) is 73.6 Å². The van der Waals surface area contributed by atoms with Crippen LogP contribution in [0.15, 0.2) is 104 Å². The summed E-state index contributed by atoms with van der Waals surface area (Å²) in [6.45, 7) is 29.7. The van der Waals surface area contributed by atoms with E-state index in [1.54, 1.807) is 30.3 Å². The predicted octanol–water partition coefficient (Wildman–Crippen LogP) is 15.5. The molecule has 0 atom stereocenters. The van der Waals surface area contributed by atoms with Gasteiger partial charge in [-0.3, -0.25) is 0 Å². The minimum atomic E-state index is -0.589. The van der Waals surface area contributed by atoms with Crippen LogP contribution in [0.3, 0.4) is 0 Å². The fraction of sp³-hybridized carbons (Fsp3) is 0.312. The molecule has 7 nitrogen and oxygen atoms in total. The Morgan fingerprint density at radius 2 is 1.03 bits per heavy atom. The summed E-state index contributed by atoms with van der Waals surface area (Å²) in [6, 6.07) is 16.8. The Labute approximate surface area is 422 Å². The van der Waals surface area contributed by atoms with E-state index in [-0.39, 0.29) is 40.2 Å². The van der Waals surface area contributed by atoms with E-state index in [0.717, 1.165) is 72.3 Å². The molecule has 6 rings (SSSR count). The van der Waals surface area contributed by atoms with E-state index in [4.69, 9.17) is 0 Å². The quantitative estimate of drug-likeness (QED) is 0.0401. The number of rotatable bonds is 15. The van der Waals surface area contributed by atoms with Gasteiger partial charge >= 0.3 is 0 Å². The van der Waals surface area contributed by atoms with Crippen molar-refractivity contribution in [3.05, 3.63) is 182 Å². The minimum Gasteiger partial charge on any atom is -0.507 e. The molecule has 0 bridgehead atoms. The molecule has 0 aliphatic carbocycles. The van der Waals surface area contributed by atoms with Crippen molar-refractivity contribution in [2.75, 3.05) is 0 Å². The van der Waals surface area contributed by atoms with E-state index >= 15 is 0 Å². The second-order valence-electron chi connectivity index (χ2n) is 21.2. The van der Waals surface area contributed by atoms with Crippen LogP contribution in [0, 0.1) is 55.4 Å². The van der Waals surface area contributed by atoms with Gasteiger partial charge in [-0.15, -0.1) is 6.58 Å². The summed E-state index contributed by atoms with van der Waals surface area (Å²) in [5.74, 6) is 0.673. The lowest BCUT2D eigenvalue weighted by atomic mass is 9.78. The number of benzene rings is 6. The lowest BCUT2D eigenvalue weighted by molar-refractivity contribution is 0.408. The van der Waals surface area contributed by atoms with Crippen LogP contribution in [0.4, 0.5) is 0 Å². The number of allylic oxidation sites excluding steroid dienone is 7. The molecule has 0 fully saturated rings. The van der Waals surface area contributed by atoms with Gasteiger partial charge in [0.25, 0.3) is 0 Å². The maximum absolute atomic E-state index is 12.1. The van der Waals surface area contributed by atoms with E-state index in [9.17, 15) is 35.7 Å². The second-order valence-corrected chi connectivity index (χ2v) is 21.2. The van der Waals surface area contributed by atoms with Crippen LogP contribution in [-0.4, -0.2) is 35.7 Å². The highest BCUT2D eigenvalue weighted by Crippen LogP contribution is 2.49. The normalized spacial score (nSPS) is 12.3. The predicted molar refractivity (Wildman–Crippen MR) is 294 cm³/mol. The molecule has 0 saturated carbocycles. The topological polar surface area (TPSA) is 142 Å². The van der Waals surface area contributed by atoms with Crippen LogP contribution in [0.5, 0.6) is 40.2 Å². The highest BCUT2D eigenvalue weighted by Gasteiger charge is 2.29. The summed E-state index contributed by atoms with van der Waals surface area (Å²) in [6.07, 6.45) is 15.9. The van der Waals surface area contributed by atoms with Gasteiger partial charge < -0.3 is 35.7 Å². The molecule has 7 N–H and O–H groups in total. The van der Waals surface area contributed by atoms with E-state index in [0.29, 0.717) is 71.0 Å². The van der Waals surface area contributed by atoms with Crippen LogP contribution in [0.25, 0.3) is 33.4 Å². The lowest BCUT2D eigenvalue weighted by Crippen LogP contribution is -2.17. The number of aryl methyl sites for hydroxylation is 6. The number of phenols is 7. The minimum absolute atomic E-state index is 0.0150. The molecule has 0 aliphatic heterocycles. The summed E-state index contributed by atoms with van der Waals surface area (Å²) in [4.78, 5) is 0. The van der Waals surface area contributed by atoms with Gasteiger partial charge in [-0.1, -0.05) is 101 Å². The van der Waals surface area contributed by atoms with E-state index in [1.807, 2.05) is 118 Å². The fourth-order valence-corrected chi connectivity index (χ4v) is 10.1. The van der Waals surface area contributed by atoms with Gasteiger partial charge in [0.05, 0.1) is 0 Å². The smallest absolute Gasteiger partial charge is 0.130 e. The zero-order valence-electron chi connectivity index (χ0n) is 44.1. The molecule has 7 heteroatoms. The third kappa shape index (κ3) is 11.0. The summed E-state index contributed by atoms with van der Waals surface area (Å²) < 4.78 is 0. The van der Waals surface area contributed by atoms with Crippen molar-refractivity contribution >= 4 is 0 Å². The van der Waals surface area contributed by atoms with Gasteiger partial charge in [0.15, 0.2) is 0 Å². The average Bonchev–Trinajstić information content (AvgIpc) is 3.28. The first-order valence-electron chi connectivity index (χ1n) is 24.6. The van der Waals surface area contributed by atoms with Gasteiger partial charge in [0.1, 0.15) is 40.2 Å². The largest absolute Gasteiger partial charge is 0.507 e. The molecule has 0 unspecified atom stereocenters. The number of phenolic OH excluding ortho intramolecular Hbond substituents is 7. The first-order chi connectivity index (χ1) is 33.3. The highest BCUT2D eigenvalue weighted by molar-refractivity contribution is 5.85. The Kier molecular flexibility index (Phi) is 15.8. The Hall–Kier alpha value is -7.12. The molecule has 0 amide bonds.